The highest BCUT2D eigenvalue weighted by molar-refractivity contribution is 6.31. The summed E-state index contributed by atoms with van der Waals surface area (Å²) in [6.45, 7) is 1.82. The third-order valence-electron chi connectivity index (χ3n) is 1.49. The molecule has 2 aromatic heterocycles. The Morgan fingerprint density at radius 1 is 0.765 bits per heavy atom. The monoisotopic (exact) mass is 310 g/mol. The Kier molecular flexibility index (Phi) is 5.85. The van der Waals surface area contributed by atoms with Gasteiger partial charge in [-0.15, -0.1) is 20.4 Å². The summed E-state index contributed by atoms with van der Waals surface area (Å²) in [5, 5.41) is 15.5. The summed E-state index contributed by atoms with van der Waals surface area (Å²) in [4.78, 5) is 0. The lowest BCUT2D eigenvalue weighted by Gasteiger charge is -1.92. The van der Waals surface area contributed by atoms with Gasteiger partial charge in [-0.3, -0.25) is 0 Å². The van der Waals surface area contributed by atoms with Gasteiger partial charge in [0.1, 0.15) is 0 Å². The van der Waals surface area contributed by atoms with Gasteiger partial charge in [0, 0.05) is 0 Å². The topological polar surface area (TPSA) is 51.6 Å². The molecule has 0 aliphatic heterocycles. The van der Waals surface area contributed by atoms with Crippen molar-refractivity contribution >= 4 is 46.4 Å². The average molecular weight is 312 g/mol. The van der Waals surface area contributed by atoms with Crippen LogP contribution in [0, 0.1) is 6.92 Å². The summed E-state index contributed by atoms with van der Waals surface area (Å²) >= 11 is 21.8. The number of hydrogen-bond acceptors (Lipinski definition) is 4. The fourth-order valence-electron chi connectivity index (χ4n) is 0.737. The molecule has 2 rings (SSSR count). The summed E-state index contributed by atoms with van der Waals surface area (Å²) in [5.74, 6) is 0. The third kappa shape index (κ3) is 5.46. The van der Waals surface area contributed by atoms with Crippen molar-refractivity contribution in [3.63, 3.8) is 0 Å². The molecule has 0 aliphatic carbocycles. The molecule has 0 unspecified atom stereocenters. The molecule has 4 nitrogen and oxygen atoms in total. The zero-order valence-corrected chi connectivity index (χ0v) is 11.6. The molecule has 0 aromatic carbocycles. The molecule has 0 spiro atoms. The molecule has 0 saturated heterocycles. The van der Waals surface area contributed by atoms with Crippen LogP contribution in [0.4, 0.5) is 0 Å². The van der Waals surface area contributed by atoms with Crippen LogP contribution in [-0.2, 0) is 0 Å². The Bertz CT molecular complexity index is 468. The van der Waals surface area contributed by atoms with Gasteiger partial charge in [-0.05, 0) is 30.7 Å². The molecule has 90 valence electrons. The molecule has 2 aromatic rings. The fourth-order valence-corrected chi connectivity index (χ4v) is 1.23. The molecule has 0 aliphatic rings. The van der Waals surface area contributed by atoms with Crippen molar-refractivity contribution < 1.29 is 0 Å². The first kappa shape index (κ1) is 14.4. The van der Waals surface area contributed by atoms with Crippen molar-refractivity contribution in [2.45, 2.75) is 6.92 Å². The van der Waals surface area contributed by atoms with Crippen LogP contribution in [-0.4, -0.2) is 20.4 Å². The highest BCUT2D eigenvalue weighted by atomic mass is 35.5. The summed E-state index contributed by atoms with van der Waals surface area (Å²) in [7, 11) is 0. The maximum absolute atomic E-state index is 5.55. The van der Waals surface area contributed by atoms with E-state index in [-0.39, 0.29) is 0 Å². The molecule has 0 amide bonds. The minimum atomic E-state index is 0.356. The van der Waals surface area contributed by atoms with Gasteiger partial charge in [-0.2, -0.15) is 0 Å². The summed E-state index contributed by atoms with van der Waals surface area (Å²) in [6.07, 6.45) is 0. The SMILES string of the molecule is Cc1cc(Cl)nnc1Cl.Clc1ccc(Cl)nn1. The van der Waals surface area contributed by atoms with Crippen LogP contribution in [0.25, 0.3) is 0 Å². The van der Waals surface area contributed by atoms with E-state index in [1.165, 1.54) is 0 Å². The number of hydrogen-bond donors (Lipinski definition) is 0. The first-order chi connectivity index (χ1) is 7.99. The maximum Gasteiger partial charge on any atom is 0.154 e. The molecular weight excluding hydrogens is 306 g/mol. The van der Waals surface area contributed by atoms with Crippen molar-refractivity contribution in [3.05, 3.63) is 44.4 Å². The summed E-state index contributed by atoms with van der Waals surface area (Å²) < 4.78 is 0. The normalized spacial score (nSPS) is 9.47. The molecule has 0 saturated carbocycles. The molecule has 0 fully saturated rings. The predicted octanol–water partition coefficient (Wildman–Crippen LogP) is 3.88. The number of rotatable bonds is 0. The second-order valence-corrected chi connectivity index (χ2v) is 4.34. The van der Waals surface area contributed by atoms with Gasteiger partial charge < -0.3 is 0 Å². The van der Waals surface area contributed by atoms with Crippen LogP contribution in [0.1, 0.15) is 5.56 Å². The molecule has 0 bridgehead atoms. The zero-order valence-electron chi connectivity index (χ0n) is 8.53. The molecule has 0 radical (unpaired) electrons. The fraction of sp³-hybridized carbons (Fsp3) is 0.111. The Morgan fingerprint density at radius 3 is 1.59 bits per heavy atom. The third-order valence-corrected chi connectivity index (χ3v) is 2.46. The summed E-state index contributed by atoms with van der Waals surface area (Å²) in [6, 6.07) is 4.82. The smallest absolute Gasteiger partial charge is 0.137 e. The number of aromatic nitrogens is 4. The Hall–Kier alpha value is -0.680. The molecule has 8 heteroatoms. The molecule has 17 heavy (non-hydrogen) atoms. The van der Waals surface area contributed by atoms with Crippen molar-refractivity contribution in [3.8, 4) is 0 Å². The second-order valence-electron chi connectivity index (χ2n) is 2.82. The van der Waals surface area contributed by atoms with E-state index in [0.717, 1.165) is 5.56 Å². The van der Waals surface area contributed by atoms with Gasteiger partial charge in [-0.25, -0.2) is 0 Å². The molecule has 0 atom stereocenters. The first-order valence-electron chi connectivity index (χ1n) is 4.29. The molecule has 2 heterocycles. The van der Waals surface area contributed by atoms with Gasteiger partial charge >= 0.3 is 0 Å². The van der Waals surface area contributed by atoms with Crippen molar-refractivity contribution in [1.82, 2.24) is 20.4 Å². The van der Waals surface area contributed by atoms with Crippen molar-refractivity contribution in [2.75, 3.05) is 0 Å². The number of aryl methyl sites for hydroxylation is 1. The van der Waals surface area contributed by atoms with Gasteiger partial charge in [0.15, 0.2) is 20.6 Å². The lowest BCUT2D eigenvalue weighted by atomic mass is 10.4. The minimum Gasteiger partial charge on any atom is -0.137 e. The zero-order chi connectivity index (χ0) is 12.8. The van der Waals surface area contributed by atoms with E-state index < -0.39 is 0 Å². The Balaban J connectivity index is 0.000000171. The highest BCUT2D eigenvalue weighted by Gasteiger charge is 1.96. The van der Waals surface area contributed by atoms with Gasteiger partial charge in [-0.1, -0.05) is 46.4 Å². The van der Waals surface area contributed by atoms with Crippen LogP contribution in [0.3, 0.4) is 0 Å². The average Bonchev–Trinajstić information content (AvgIpc) is 2.29. The van der Waals surface area contributed by atoms with Crippen LogP contribution in [0.15, 0.2) is 18.2 Å². The van der Waals surface area contributed by atoms with Gasteiger partial charge in [0.05, 0.1) is 0 Å². The molecular formula is C9H6Cl4N4. The van der Waals surface area contributed by atoms with E-state index in [0.29, 0.717) is 20.6 Å². The van der Waals surface area contributed by atoms with Crippen LogP contribution >= 0.6 is 46.4 Å². The predicted molar refractivity (Wildman–Crippen MR) is 68.8 cm³/mol. The Morgan fingerprint density at radius 2 is 1.24 bits per heavy atom. The van der Waals surface area contributed by atoms with E-state index in [1.54, 1.807) is 18.2 Å². The van der Waals surface area contributed by atoms with E-state index in [9.17, 15) is 0 Å². The van der Waals surface area contributed by atoms with E-state index in [2.05, 4.69) is 20.4 Å². The maximum atomic E-state index is 5.55. The lowest BCUT2D eigenvalue weighted by molar-refractivity contribution is 1.02. The largest absolute Gasteiger partial charge is 0.154 e. The quantitative estimate of drug-likeness (QED) is 0.741. The number of halogens is 4. The molecule has 0 N–H and O–H groups in total. The van der Waals surface area contributed by atoms with Crippen LogP contribution in [0.5, 0.6) is 0 Å². The second kappa shape index (κ2) is 6.91. The van der Waals surface area contributed by atoms with Crippen LogP contribution in [0.2, 0.25) is 20.6 Å². The van der Waals surface area contributed by atoms with E-state index in [4.69, 9.17) is 46.4 Å². The minimum absolute atomic E-state index is 0.356. The number of nitrogens with zero attached hydrogens (tertiary/aromatic N) is 4. The Labute approximate surface area is 118 Å². The van der Waals surface area contributed by atoms with E-state index in [1.807, 2.05) is 6.92 Å². The van der Waals surface area contributed by atoms with Gasteiger partial charge in [0.2, 0.25) is 0 Å². The first-order valence-corrected chi connectivity index (χ1v) is 5.80. The van der Waals surface area contributed by atoms with Crippen molar-refractivity contribution in [1.29, 1.82) is 0 Å². The summed E-state index contributed by atoms with van der Waals surface area (Å²) in [5.41, 5.74) is 0.844. The van der Waals surface area contributed by atoms with Crippen LogP contribution < -0.4 is 0 Å². The van der Waals surface area contributed by atoms with Crippen molar-refractivity contribution in [2.24, 2.45) is 0 Å². The standard InChI is InChI=1S/C5H4Cl2N2.C4H2Cl2N2/c1-3-2-4(6)8-9-5(3)7;5-3-1-2-4(6)8-7-3/h2H,1H3;1-2H. The highest BCUT2D eigenvalue weighted by Crippen LogP contribution is 2.12. The lowest BCUT2D eigenvalue weighted by Crippen LogP contribution is -1.85. The van der Waals surface area contributed by atoms with E-state index >= 15 is 0 Å². The van der Waals surface area contributed by atoms with Gasteiger partial charge in [0.25, 0.3) is 0 Å².